The Bertz CT molecular complexity index is 1610. The topological polar surface area (TPSA) is 68.1 Å². The highest BCUT2D eigenvalue weighted by Crippen LogP contribution is 2.47. The number of aromatic nitrogens is 2. The molecule has 2 N–H and O–H groups in total. The van der Waals surface area contributed by atoms with E-state index in [4.69, 9.17) is 4.79 Å². The average Bonchev–Trinajstić information content (AvgIpc) is 3.41. The van der Waals surface area contributed by atoms with Gasteiger partial charge in [0.05, 0.1) is 11.0 Å². The zero-order chi connectivity index (χ0) is 25.6. The first-order chi connectivity index (χ1) is 17.5. The van der Waals surface area contributed by atoms with Crippen LogP contribution in [0.5, 0.6) is 0 Å². The summed E-state index contributed by atoms with van der Waals surface area (Å²) >= 11 is 0. The van der Waals surface area contributed by atoms with Gasteiger partial charge in [0.1, 0.15) is 0 Å². The number of carbonyl (C=O) groups excluding carboxylic acids is 2. The van der Waals surface area contributed by atoms with Gasteiger partial charge in [0.15, 0.2) is 6.29 Å². The van der Waals surface area contributed by atoms with E-state index in [1.54, 1.807) is 7.05 Å². The Balaban J connectivity index is 0.000000623. The number of rotatable bonds is 4. The van der Waals surface area contributed by atoms with Crippen molar-refractivity contribution in [3.63, 3.8) is 0 Å². The summed E-state index contributed by atoms with van der Waals surface area (Å²) in [6.45, 7) is 8.73. The lowest BCUT2D eigenvalue weighted by Crippen LogP contribution is -2.26. The van der Waals surface area contributed by atoms with Crippen molar-refractivity contribution in [3.8, 4) is 0 Å². The number of aldehydes is 1. The van der Waals surface area contributed by atoms with E-state index in [1.165, 1.54) is 38.2 Å². The molecule has 3 heterocycles. The van der Waals surface area contributed by atoms with E-state index >= 15 is 0 Å². The second kappa shape index (κ2) is 9.43. The first kappa shape index (κ1) is 24.1. The van der Waals surface area contributed by atoms with Crippen LogP contribution < -0.4 is 10.6 Å². The molecule has 186 valence electrons. The van der Waals surface area contributed by atoms with E-state index in [1.807, 2.05) is 7.05 Å². The van der Waals surface area contributed by atoms with Crippen LogP contribution in [0.3, 0.4) is 0 Å². The van der Waals surface area contributed by atoms with Crippen LogP contribution in [0.2, 0.25) is 0 Å². The van der Waals surface area contributed by atoms with Crippen molar-refractivity contribution in [1.82, 2.24) is 19.8 Å². The van der Waals surface area contributed by atoms with Gasteiger partial charge in [0.25, 0.3) is 0 Å². The Labute approximate surface area is 211 Å². The largest absolute Gasteiger partial charge is 0.362 e. The summed E-state index contributed by atoms with van der Waals surface area (Å²) in [7, 11) is 3.52. The van der Waals surface area contributed by atoms with Gasteiger partial charge >= 0.3 is 0 Å². The lowest BCUT2D eigenvalue weighted by molar-refractivity contribution is -0.109. The minimum atomic E-state index is 0.354. The molecule has 3 atom stereocenters. The molecule has 6 heteroatoms. The number of benzene rings is 3. The molecule has 6 rings (SSSR count). The van der Waals surface area contributed by atoms with Gasteiger partial charge in [0.2, 0.25) is 6.41 Å². The number of hydrogen-bond donors (Lipinski definition) is 2. The third-order valence-corrected chi connectivity index (χ3v) is 8.13. The Hall–Kier alpha value is -3.64. The summed E-state index contributed by atoms with van der Waals surface area (Å²) < 4.78 is 5.06. The zero-order valence-electron chi connectivity index (χ0n) is 21.6. The highest BCUT2D eigenvalue weighted by molar-refractivity contribution is 6.28. The Morgan fingerprint density at radius 2 is 1.50 bits per heavy atom. The molecule has 1 aliphatic rings. The first-order valence-electron chi connectivity index (χ1n) is 12.7. The standard InChI is InChI=1S/C28H29N3O.C2H5NO/c1-16-14-30-23-11-7-5-9-19(23)26-22(15-32)21(13-29-4)25-20-10-6-8-12-24(20)31(18(3)17(16)2)28(25)27(26)30;1-3-2-4/h5-12,15-18,29H,13-14H2,1-4H3;2H,1H3,(H,3,4). The summed E-state index contributed by atoms with van der Waals surface area (Å²) in [5.74, 6) is 1.02. The molecule has 6 nitrogen and oxygen atoms in total. The van der Waals surface area contributed by atoms with E-state index in [2.05, 4.69) is 89.1 Å². The minimum Gasteiger partial charge on any atom is -0.362 e. The lowest BCUT2D eigenvalue weighted by Gasteiger charge is -2.32. The van der Waals surface area contributed by atoms with E-state index in [-0.39, 0.29) is 0 Å². The van der Waals surface area contributed by atoms with E-state index < -0.39 is 0 Å². The van der Waals surface area contributed by atoms with E-state index in [9.17, 15) is 4.79 Å². The second-order valence-corrected chi connectivity index (χ2v) is 9.99. The Kier molecular flexibility index (Phi) is 6.31. The van der Waals surface area contributed by atoms with Crippen LogP contribution in [0.4, 0.5) is 0 Å². The molecule has 3 unspecified atom stereocenters. The van der Waals surface area contributed by atoms with Crippen molar-refractivity contribution < 1.29 is 9.59 Å². The maximum Gasteiger partial charge on any atom is 0.206 e. The van der Waals surface area contributed by atoms with Gasteiger partial charge < -0.3 is 19.8 Å². The fourth-order valence-corrected chi connectivity index (χ4v) is 6.18. The molecular weight excluding hydrogens is 448 g/mol. The first-order valence-corrected chi connectivity index (χ1v) is 12.7. The molecule has 36 heavy (non-hydrogen) atoms. The number of nitrogens with one attached hydrogen (secondary N) is 2. The summed E-state index contributed by atoms with van der Waals surface area (Å²) in [6.07, 6.45) is 1.71. The van der Waals surface area contributed by atoms with Crippen molar-refractivity contribution in [1.29, 1.82) is 0 Å². The molecule has 5 aromatic rings. The normalized spacial score (nSPS) is 19.3. The van der Waals surface area contributed by atoms with Crippen molar-refractivity contribution in [2.45, 2.75) is 39.9 Å². The highest BCUT2D eigenvalue weighted by atomic mass is 16.1. The fourth-order valence-electron chi connectivity index (χ4n) is 6.18. The van der Waals surface area contributed by atoms with Crippen LogP contribution in [0.25, 0.3) is 43.6 Å². The highest BCUT2D eigenvalue weighted by Gasteiger charge is 2.32. The van der Waals surface area contributed by atoms with Gasteiger partial charge in [-0.3, -0.25) is 9.59 Å². The van der Waals surface area contributed by atoms with Crippen LogP contribution in [0.1, 0.15) is 42.7 Å². The predicted octanol–water partition coefficient (Wildman–Crippen LogP) is 5.64. The predicted molar refractivity (Wildman–Crippen MR) is 149 cm³/mol. The molecule has 0 bridgehead atoms. The van der Waals surface area contributed by atoms with Crippen molar-refractivity contribution >= 4 is 56.3 Å². The molecule has 0 fully saturated rings. The number of carbonyl (C=O) groups is 2. The molecule has 3 aromatic carbocycles. The summed E-state index contributed by atoms with van der Waals surface area (Å²) in [4.78, 5) is 21.7. The minimum absolute atomic E-state index is 0.354. The second-order valence-electron chi connectivity index (χ2n) is 9.99. The molecular formula is C30H34N4O2. The summed E-state index contributed by atoms with van der Waals surface area (Å²) in [5, 5.41) is 10.3. The number of amides is 1. The van der Waals surface area contributed by atoms with E-state index in [0.29, 0.717) is 30.8 Å². The maximum absolute atomic E-state index is 12.7. The third kappa shape index (κ3) is 3.35. The SMILES string of the molecule is CNC=O.CNCc1c(C=O)c2c3ccccc3n3c2c2c1c1ccccc1n2C(C)C(C)C(C)C3. The number of hydrogen-bond acceptors (Lipinski definition) is 3. The van der Waals surface area contributed by atoms with E-state index in [0.717, 1.165) is 29.3 Å². The van der Waals surface area contributed by atoms with Gasteiger partial charge in [-0.05, 0) is 43.5 Å². The summed E-state index contributed by atoms with van der Waals surface area (Å²) in [5.41, 5.74) is 6.91. The van der Waals surface area contributed by atoms with Crippen molar-refractivity contribution in [2.75, 3.05) is 14.1 Å². The van der Waals surface area contributed by atoms with Gasteiger partial charge in [0, 0.05) is 64.3 Å². The average molecular weight is 483 g/mol. The summed E-state index contributed by atoms with van der Waals surface area (Å²) in [6, 6.07) is 17.7. The lowest BCUT2D eigenvalue weighted by atomic mass is 9.88. The molecule has 1 amide bonds. The number of nitrogens with zero attached hydrogens (tertiary/aromatic N) is 2. The molecule has 0 saturated carbocycles. The number of fused-ring (bicyclic) bond motifs is 6. The van der Waals surface area contributed by atoms with Gasteiger partial charge in [-0.15, -0.1) is 0 Å². The Morgan fingerprint density at radius 3 is 2.11 bits per heavy atom. The maximum atomic E-state index is 12.7. The molecule has 2 aromatic heterocycles. The van der Waals surface area contributed by atoms with Gasteiger partial charge in [-0.2, -0.15) is 0 Å². The monoisotopic (exact) mass is 482 g/mol. The van der Waals surface area contributed by atoms with Crippen LogP contribution in [0.15, 0.2) is 48.5 Å². The van der Waals surface area contributed by atoms with Gasteiger partial charge in [-0.1, -0.05) is 50.2 Å². The third-order valence-electron chi connectivity index (χ3n) is 8.13. The van der Waals surface area contributed by atoms with Gasteiger partial charge in [-0.25, -0.2) is 0 Å². The van der Waals surface area contributed by atoms with Crippen LogP contribution >= 0.6 is 0 Å². The van der Waals surface area contributed by atoms with Crippen LogP contribution in [-0.4, -0.2) is 35.9 Å². The molecule has 0 saturated heterocycles. The molecule has 0 aliphatic carbocycles. The molecule has 0 radical (unpaired) electrons. The fraction of sp³-hybridized carbons (Fsp3) is 0.333. The zero-order valence-corrected chi connectivity index (χ0v) is 21.6. The van der Waals surface area contributed by atoms with Crippen molar-refractivity contribution in [3.05, 3.63) is 59.7 Å². The quantitative estimate of drug-likeness (QED) is 0.326. The Morgan fingerprint density at radius 1 is 0.889 bits per heavy atom. The molecule has 0 spiro atoms. The van der Waals surface area contributed by atoms with Crippen LogP contribution in [0, 0.1) is 11.8 Å². The molecule has 1 aliphatic heterocycles. The van der Waals surface area contributed by atoms with Crippen LogP contribution in [-0.2, 0) is 17.9 Å². The number of para-hydroxylation sites is 2. The smallest absolute Gasteiger partial charge is 0.206 e. The van der Waals surface area contributed by atoms with Crippen molar-refractivity contribution in [2.24, 2.45) is 11.8 Å².